The fourth-order valence-corrected chi connectivity index (χ4v) is 2.91. The predicted octanol–water partition coefficient (Wildman–Crippen LogP) is 3.96. The second-order valence-electron chi connectivity index (χ2n) is 7.95. The second-order valence-corrected chi connectivity index (χ2v) is 7.95. The summed E-state index contributed by atoms with van der Waals surface area (Å²) >= 11 is 0. The molecular weight excluding hydrogens is 330 g/mol. The van der Waals surface area contributed by atoms with E-state index < -0.39 is 11.9 Å². The Bertz CT molecular complexity index is 827. The summed E-state index contributed by atoms with van der Waals surface area (Å²) in [4.78, 5) is 23.6. The number of aromatic nitrogens is 2. The first-order chi connectivity index (χ1) is 12.2. The Morgan fingerprint density at radius 2 is 1.85 bits per heavy atom. The third kappa shape index (κ3) is 3.79. The predicted molar refractivity (Wildman–Crippen MR) is 99.6 cm³/mol. The Morgan fingerprint density at radius 1 is 1.23 bits per heavy atom. The highest BCUT2D eigenvalue weighted by molar-refractivity contribution is 6.03. The van der Waals surface area contributed by atoms with Gasteiger partial charge in [0.15, 0.2) is 5.69 Å². The summed E-state index contributed by atoms with van der Waals surface area (Å²) in [6.45, 7) is 7.87. The topological polar surface area (TPSA) is 84.2 Å². The third-order valence-corrected chi connectivity index (χ3v) is 4.64. The van der Waals surface area contributed by atoms with E-state index in [1.165, 1.54) is 0 Å². The number of carbonyl (C=O) groups is 2. The number of carboxylic acid groups (broad SMARTS) is 1. The summed E-state index contributed by atoms with van der Waals surface area (Å²) in [6, 6.07) is 8.76. The van der Waals surface area contributed by atoms with Crippen LogP contribution in [0.15, 0.2) is 30.3 Å². The molecule has 0 radical (unpaired) electrons. The molecule has 0 bridgehead atoms. The molecule has 0 spiro atoms. The van der Waals surface area contributed by atoms with Gasteiger partial charge in [-0.2, -0.15) is 5.10 Å². The van der Waals surface area contributed by atoms with Crippen molar-refractivity contribution in [1.82, 2.24) is 9.78 Å². The van der Waals surface area contributed by atoms with Crippen LogP contribution in [-0.2, 0) is 10.3 Å². The van der Waals surface area contributed by atoms with Crippen molar-refractivity contribution in [3.05, 3.63) is 47.3 Å². The zero-order valence-electron chi connectivity index (χ0n) is 15.6. The van der Waals surface area contributed by atoms with Gasteiger partial charge in [-0.25, -0.2) is 0 Å². The first-order valence-electron chi connectivity index (χ1n) is 8.91. The first kappa shape index (κ1) is 18.2. The van der Waals surface area contributed by atoms with Crippen molar-refractivity contribution in [3.8, 4) is 0 Å². The molecule has 1 amide bonds. The van der Waals surface area contributed by atoms with Gasteiger partial charge in [0.05, 0.1) is 11.5 Å². The number of hydrogen-bond donors (Lipinski definition) is 2. The van der Waals surface area contributed by atoms with Crippen molar-refractivity contribution in [2.24, 2.45) is 0 Å². The van der Waals surface area contributed by atoms with Crippen LogP contribution in [0.2, 0.25) is 0 Å². The van der Waals surface area contributed by atoms with Crippen molar-refractivity contribution >= 4 is 17.6 Å². The molecule has 2 N–H and O–H groups in total. The molecule has 0 saturated heterocycles. The summed E-state index contributed by atoms with van der Waals surface area (Å²) in [5.74, 6) is -1.21. The molecule has 1 aromatic carbocycles. The first-order valence-corrected chi connectivity index (χ1v) is 8.91. The van der Waals surface area contributed by atoms with Crippen LogP contribution in [0.4, 0.5) is 5.69 Å². The lowest BCUT2D eigenvalue weighted by atomic mass is 10.0. The van der Waals surface area contributed by atoms with Crippen molar-refractivity contribution in [2.75, 3.05) is 5.32 Å². The van der Waals surface area contributed by atoms with Crippen LogP contribution in [0, 0.1) is 0 Å². The molecule has 138 valence electrons. The van der Waals surface area contributed by atoms with E-state index in [2.05, 4.69) is 31.2 Å². The summed E-state index contributed by atoms with van der Waals surface area (Å²) in [6.07, 6.45) is 2.29. The lowest BCUT2D eigenvalue weighted by molar-refractivity contribution is -0.138. The summed E-state index contributed by atoms with van der Waals surface area (Å²) < 4.78 is 1.96. The van der Waals surface area contributed by atoms with Gasteiger partial charge in [0.25, 0.3) is 5.91 Å². The molecule has 1 heterocycles. The zero-order chi connectivity index (χ0) is 19.1. The number of rotatable bonds is 5. The highest BCUT2D eigenvalue weighted by Crippen LogP contribution is 2.41. The number of nitrogens with one attached hydrogen (secondary N) is 1. The fraction of sp³-hybridized carbons (Fsp3) is 0.450. The number of hydrogen-bond acceptors (Lipinski definition) is 3. The minimum absolute atomic E-state index is 0.176. The van der Waals surface area contributed by atoms with E-state index in [0.29, 0.717) is 22.9 Å². The van der Waals surface area contributed by atoms with E-state index in [-0.39, 0.29) is 11.4 Å². The lowest BCUT2D eigenvalue weighted by Crippen LogP contribution is -2.25. The van der Waals surface area contributed by atoms with Crippen LogP contribution in [-0.4, -0.2) is 26.8 Å². The summed E-state index contributed by atoms with van der Waals surface area (Å²) in [5.41, 5.74) is 2.67. The van der Waals surface area contributed by atoms with E-state index in [4.69, 9.17) is 5.11 Å². The normalized spacial score (nSPS) is 15.5. The molecule has 6 nitrogen and oxygen atoms in total. The maximum absolute atomic E-state index is 12.6. The van der Waals surface area contributed by atoms with E-state index in [9.17, 15) is 9.59 Å². The van der Waals surface area contributed by atoms with Gasteiger partial charge < -0.3 is 10.4 Å². The van der Waals surface area contributed by atoms with Gasteiger partial charge in [-0.1, -0.05) is 12.1 Å². The Labute approximate surface area is 153 Å². The Kier molecular flexibility index (Phi) is 4.61. The van der Waals surface area contributed by atoms with Crippen LogP contribution in [0.25, 0.3) is 0 Å². The van der Waals surface area contributed by atoms with Gasteiger partial charge >= 0.3 is 5.97 Å². The van der Waals surface area contributed by atoms with Crippen LogP contribution in [0.1, 0.15) is 74.1 Å². The average Bonchev–Trinajstić information content (AvgIpc) is 3.31. The van der Waals surface area contributed by atoms with Gasteiger partial charge in [-0.15, -0.1) is 0 Å². The van der Waals surface area contributed by atoms with Crippen LogP contribution >= 0.6 is 0 Å². The van der Waals surface area contributed by atoms with Gasteiger partial charge in [0.2, 0.25) is 0 Å². The second kappa shape index (κ2) is 6.59. The van der Waals surface area contributed by atoms with E-state index >= 15 is 0 Å². The van der Waals surface area contributed by atoms with Gasteiger partial charge in [-0.3, -0.25) is 14.3 Å². The molecule has 3 rings (SSSR count). The minimum Gasteiger partial charge on any atom is -0.481 e. The van der Waals surface area contributed by atoms with Crippen LogP contribution < -0.4 is 5.32 Å². The Morgan fingerprint density at radius 3 is 2.35 bits per heavy atom. The van der Waals surface area contributed by atoms with Crippen molar-refractivity contribution in [3.63, 3.8) is 0 Å². The number of nitrogens with zero attached hydrogens (tertiary/aromatic N) is 2. The minimum atomic E-state index is -0.873. The fourth-order valence-electron chi connectivity index (χ4n) is 2.91. The van der Waals surface area contributed by atoms with Crippen molar-refractivity contribution in [1.29, 1.82) is 0 Å². The SMILES string of the molecule is CC(C(=O)O)c1ccc(NC(=O)c2cc(C3CC3)n(C(C)(C)C)n2)cc1. The van der Waals surface area contributed by atoms with E-state index in [1.807, 2.05) is 10.7 Å². The number of benzene rings is 1. The number of carbonyl (C=O) groups excluding carboxylic acids is 1. The molecule has 1 saturated carbocycles. The molecule has 1 atom stereocenters. The molecule has 6 heteroatoms. The van der Waals surface area contributed by atoms with Gasteiger partial charge in [-0.05, 0) is 64.3 Å². The third-order valence-electron chi connectivity index (χ3n) is 4.64. The standard InChI is InChI=1S/C20H25N3O3/c1-12(19(25)26)13-7-9-15(10-8-13)21-18(24)16-11-17(14-5-6-14)23(22-16)20(2,3)4/h7-12,14H,5-6H2,1-4H3,(H,21,24)(H,25,26). The van der Waals surface area contributed by atoms with Crippen LogP contribution in [0.5, 0.6) is 0 Å². The Balaban J connectivity index is 1.77. The van der Waals surface area contributed by atoms with Crippen molar-refractivity contribution < 1.29 is 14.7 Å². The number of aliphatic carboxylic acids is 1. The number of anilines is 1. The number of amides is 1. The number of carboxylic acids is 1. The Hall–Kier alpha value is -2.63. The highest BCUT2D eigenvalue weighted by atomic mass is 16.4. The summed E-state index contributed by atoms with van der Waals surface area (Å²) in [7, 11) is 0. The maximum atomic E-state index is 12.6. The average molecular weight is 355 g/mol. The maximum Gasteiger partial charge on any atom is 0.310 e. The molecule has 1 aromatic heterocycles. The molecule has 1 unspecified atom stereocenters. The van der Waals surface area contributed by atoms with Gasteiger partial charge in [0, 0.05) is 17.3 Å². The highest BCUT2D eigenvalue weighted by Gasteiger charge is 2.32. The molecular formula is C20H25N3O3. The quantitative estimate of drug-likeness (QED) is 0.850. The van der Waals surface area contributed by atoms with E-state index in [1.54, 1.807) is 31.2 Å². The van der Waals surface area contributed by atoms with Gasteiger partial charge in [0.1, 0.15) is 0 Å². The van der Waals surface area contributed by atoms with Crippen LogP contribution in [0.3, 0.4) is 0 Å². The molecule has 1 aliphatic rings. The lowest BCUT2D eigenvalue weighted by Gasteiger charge is -2.22. The smallest absolute Gasteiger partial charge is 0.310 e. The van der Waals surface area contributed by atoms with E-state index in [0.717, 1.165) is 18.5 Å². The largest absolute Gasteiger partial charge is 0.481 e. The zero-order valence-corrected chi connectivity index (χ0v) is 15.6. The molecule has 1 aliphatic carbocycles. The molecule has 26 heavy (non-hydrogen) atoms. The van der Waals surface area contributed by atoms with Crippen molar-refractivity contribution in [2.45, 2.75) is 57.9 Å². The molecule has 1 fully saturated rings. The monoisotopic (exact) mass is 355 g/mol. The molecule has 2 aromatic rings. The summed E-state index contributed by atoms with van der Waals surface area (Å²) in [5, 5.41) is 16.4. The molecule has 0 aliphatic heterocycles.